The first-order valence-corrected chi connectivity index (χ1v) is 8.42. The van der Waals surface area contributed by atoms with Crippen LogP contribution in [0, 0.1) is 13.8 Å². The Morgan fingerprint density at radius 2 is 1.92 bits per heavy atom. The maximum atomic E-state index is 5.88. The summed E-state index contributed by atoms with van der Waals surface area (Å²) in [4.78, 5) is 8.64. The number of rotatable bonds is 2. The van der Waals surface area contributed by atoms with Crippen molar-refractivity contribution in [1.82, 2.24) is 25.1 Å². The lowest BCUT2D eigenvalue weighted by atomic mass is 9.87. The first-order chi connectivity index (χ1) is 11.6. The quantitative estimate of drug-likeness (QED) is 0.757. The number of nitrogens with one attached hydrogen (secondary N) is 1. The number of nitrogens with two attached hydrogens (primary N) is 1. The van der Waals surface area contributed by atoms with Gasteiger partial charge in [0.25, 0.3) is 0 Å². The summed E-state index contributed by atoms with van der Waals surface area (Å²) in [5.74, 6) is 2.44. The van der Waals surface area contributed by atoms with E-state index in [0.29, 0.717) is 17.6 Å². The van der Waals surface area contributed by atoms with Gasteiger partial charge >= 0.3 is 0 Å². The molecule has 24 heavy (non-hydrogen) atoms. The molecule has 2 aromatic heterocycles. The van der Waals surface area contributed by atoms with Gasteiger partial charge in [-0.2, -0.15) is 5.10 Å². The van der Waals surface area contributed by atoms with Crippen LogP contribution in [0.5, 0.6) is 0 Å². The first kappa shape index (κ1) is 15.1. The maximum Gasteiger partial charge on any atom is 0.159 e. The number of hydrogen-bond donors (Lipinski definition) is 2. The molecule has 6 nitrogen and oxygen atoms in total. The third-order valence-corrected chi connectivity index (χ3v) is 4.80. The van der Waals surface area contributed by atoms with Crippen molar-refractivity contribution in [3.8, 4) is 5.82 Å². The summed E-state index contributed by atoms with van der Waals surface area (Å²) in [6.07, 6.45) is 4.25. The molecule has 1 aliphatic rings. The first-order valence-electron chi connectivity index (χ1n) is 8.42. The molecule has 0 amide bonds. The Hall–Kier alpha value is -2.47. The predicted octanol–water partition coefficient (Wildman–Crippen LogP) is 2.48. The smallest absolute Gasteiger partial charge is 0.159 e. The Morgan fingerprint density at radius 1 is 1.12 bits per heavy atom. The standard InChI is InChI=1S/C18H22N6/c1-11-7-14-10-21-24(18-9-17(19)22-12(2)23-18)16(14)8-15(11)13-3-5-20-6-4-13/h7-10,13,20H,3-6H2,1-2H3,(H2,19,22,23). The number of nitrogen functional groups attached to an aromatic ring is 1. The fraction of sp³-hybridized carbons (Fsp3) is 0.389. The van der Waals surface area contributed by atoms with Crippen molar-refractivity contribution >= 4 is 16.7 Å². The van der Waals surface area contributed by atoms with E-state index in [-0.39, 0.29) is 0 Å². The minimum absolute atomic E-state index is 0.465. The lowest BCUT2D eigenvalue weighted by Gasteiger charge is -2.24. The van der Waals surface area contributed by atoms with Gasteiger partial charge in [-0.25, -0.2) is 14.6 Å². The Morgan fingerprint density at radius 3 is 2.67 bits per heavy atom. The van der Waals surface area contributed by atoms with E-state index in [1.807, 2.05) is 17.8 Å². The predicted molar refractivity (Wildman–Crippen MR) is 95.4 cm³/mol. The van der Waals surface area contributed by atoms with Crippen LogP contribution in [-0.2, 0) is 0 Å². The SMILES string of the molecule is Cc1nc(N)cc(-n2ncc3cc(C)c(C4CCNCC4)cc32)n1. The molecule has 0 spiro atoms. The number of anilines is 1. The summed E-state index contributed by atoms with van der Waals surface area (Å²) in [6, 6.07) is 6.28. The molecule has 0 saturated carbocycles. The van der Waals surface area contributed by atoms with Crippen LogP contribution >= 0.6 is 0 Å². The highest BCUT2D eigenvalue weighted by molar-refractivity contribution is 5.82. The van der Waals surface area contributed by atoms with Crippen LogP contribution in [-0.4, -0.2) is 32.8 Å². The summed E-state index contributed by atoms with van der Waals surface area (Å²) >= 11 is 0. The molecule has 1 fully saturated rings. The Labute approximate surface area is 141 Å². The van der Waals surface area contributed by atoms with E-state index in [9.17, 15) is 0 Å². The van der Waals surface area contributed by atoms with E-state index in [2.05, 4.69) is 39.4 Å². The summed E-state index contributed by atoms with van der Waals surface area (Å²) in [7, 11) is 0. The number of fused-ring (bicyclic) bond motifs is 1. The zero-order valence-electron chi connectivity index (χ0n) is 14.1. The molecule has 4 rings (SSSR count). The molecule has 3 N–H and O–H groups in total. The highest BCUT2D eigenvalue weighted by Crippen LogP contribution is 2.31. The van der Waals surface area contributed by atoms with Crippen molar-refractivity contribution in [3.05, 3.63) is 41.3 Å². The normalized spacial score (nSPS) is 15.9. The number of aryl methyl sites for hydroxylation is 2. The molecule has 0 aliphatic carbocycles. The topological polar surface area (TPSA) is 81.6 Å². The van der Waals surface area contributed by atoms with E-state index in [1.165, 1.54) is 24.0 Å². The maximum absolute atomic E-state index is 5.88. The van der Waals surface area contributed by atoms with E-state index in [4.69, 9.17) is 5.73 Å². The van der Waals surface area contributed by atoms with E-state index >= 15 is 0 Å². The van der Waals surface area contributed by atoms with E-state index < -0.39 is 0 Å². The van der Waals surface area contributed by atoms with Crippen LogP contribution in [0.3, 0.4) is 0 Å². The third-order valence-electron chi connectivity index (χ3n) is 4.80. The van der Waals surface area contributed by atoms with Gasteiger partial charge < -0.3 is 11.1 Å². The van der Waals surface area contributed by atoms with Crippen LogP contribution in [0.25, 0.3) is 16.7 Å². The summed E-state index contributed by atoms with van der Waals surface area (Å²) in [5.41, 5.74) is 9.72. The second-order valence-corrected chi connectivity index (χ2v) is 6.55. The Bertz CT molecular complexity index is 872. The third kappa shape index (κ3) is 2.63. The molecule has 0 radical (unpaired) electrons. The molecule has 124 valence electrons. The van der Waals surface area contributed by atoms with Crippen LogP contribution in [0.2, 0.25) is 0 Å². The van der Waals surface area contributed by atoms with Crippen molar-refractivity contribution in [2.24, 2.45) is 0 Å². The van der Waals surface area contributed by atoms with Gasteiger partial charge in [-0.05, 0) is 69.0 Å². The van der Waals surface area contributed by atoms with Gasteiger partial charge in [0.1, 0.15) is 11.6 Å². The Balaban J connectivity index is 1.85. The monoisotopic (exact) mass is 322 g/mol. The van der Waals surface area contributed by atoms with E-state index in [0.717, 1.165) is 29.8 Å². The number of piperidine rings is 1. The second-order valence-electron chi connectivity index (χ2n) is 6.55. The fourth-order valence-electron chi connectivity index (χ4n) is 3.64. The molecule has 1 saturated heterocycles. The highest BCUT2D eigenvalue weighted by Gasteiger charge is 2.19. The largest absolute Gasteiger partial charge is 0.384 e. The number of hydrogen-bond acceptors (Lipinski definition) is 5. The average molecular weight is 322 g/mol. The molecule has 0 unspecified atom stereocenters. The summed E-state index contributed by atoms with van der Waals surface area (Å²) < 4.78 is 1.87. The minimum atomic E-state index is 0.465. The summed E-state index contributed by atoms with van der Waals surface area (Å²) in [6.45, 7) is 6.21. The zero-order chi connectivity index (χ0) is 16.7. The molecule has 6 heteroatoms. The van der Waals surface area contributed by atoms with Gasteiger partial charge in [-0.15, -0.1) is 0 Å². The molecule has 1 aromatic carbocycles. The fourth-order valence-corrected chi connectivity index (χ4v) is 3.64. The highest BCUT2D eigenvalue weighted by atomic mass is 15.3. The molecule has 3 heterocycles. The van der Waals surface area contributed by atoms with Crippen LogP contribution in [0.4, 0.5) is 5.82 Å². The van der Waals surface area contributed by atoms with Crippen LogP contribution in [0.1, 0.15) is 35.7 Å². The molecule has 0 atom stereocenters. The number of nitrogens with zero attached hydrogens (tertiary/aromatic N) is 4. The Kier molecular flexibility index (Phi) is 3.69. The van der Waals surface area contributed by atoms with Crippen LogP contribution < -0.4 is 11.1 Å². The van der Waals surface area contributed by atoms with E-state index in [1.54, 1.807) is 6.07 Å². The lowest BCUT2D eigenvalue weighted by molar-refractivity contribution is 0.459. The van der Waals surface area contributed by atoms with Crippen molar-refractivity contribution in [3.63, 3.8) is 0 Å². The molecular formula is C18H22N6. The molecule has 3 aromatic rings. The second kappa shape index (κ2) is 5.87. The van der Waals surface area contributed by atoms with Crippen molar-refractivity contribution in [2.45, 2.75) is 32.6 Å². The van der Waals surface area contributed by atoms with Gasteiger partial charge in [0.05, 0.1) is 11.7 Å². The number of benzene rings is 1. The molecule has 1 aliphatic heterocycles. The lowest BCUT2D eigenvalue weighted by Crippen LogP contribution is -2.27. The van der Waals surface area contributed by atoms with Gasteiger partial charge in [0.2, 0.25) is 0 Å². The van der Waals surface area contributed by atoms with Crippen molar-refractivity contribution in [1.29, 1.82) is 0 Å². The average Bonchev–Trinajstić information content (AvgIpc) is 2.96. The molecular weight excluding hydrogens is 300 g/mol. The molecule has 0 bridgehead atoms. The van der Waals surface area contributed by atoms with Crippen molar-refractivity contribution in [2.75, 3.05) is 18.8 Å². The van der Waals surface area contributed by atoms with Gasteiger partial charge in [0, 0.05) is 11.5 Å². The van der Waals surface area contributed by atoms with Gasteiger partial charge in [0.15, 0.2) is 5.82 Å². The van der Waals surface area contributed by atoms with Gasteiger partial charge in [-0.1, -0.05) is 0 Å². The minimum Gasteiger partial charge on any atom is -0.384 e. The zero-order valence-corrected chi connectivity index (χ0v) is 14.1. The van der Waals surface area contributed by atoms with Gasteiger partial charge in [-0.3, -0.25) is 0 Å². The van der Waals surface area contributed by atoms with Crippen molar-refractivity contribution < 1.29 is 0 Å². The van der Waals surface area contributed by atoms with Crippen LogP contribution in [0.15, 0.2) is 24.4 Å². The summed E-state index contributed by atoms with van der Waals surface area (Å²) in [5, 5.41) is 9.10. The number of aromatic nitrogens is 4.